The molecule has 3 heterocycles. The number of thiophene rings is 1. The minimum absolute atomic E-state index is 0.224. The third kappa shape index (κ3) is 5.43. The quantitative estimate of drug-likeness (QED) is 0.387. The maximum atomic E-state index is 12.5. The molecule has 0 aliphatic rings. The van der Waals surface area contributed by atoms with Crippen molar-refractivity contribution in [2.24, 2.45) is 0 Å². The van der Waals surface area contributed by atoms with Crippen LogP contribution in [0.2, 0.25) is 0 Å². The van der Waals surface area contributed by atoms with Gasteiger partial charge in [0.2, 0.25) is 0 Å². The smallest absolute Gasteiger partial charge is 0.266 e. The van der Waals surface area contributed by atoms with Crippen LogP contribution in [0.4, 0.5) is 0 Å². The van der Waals surface area contributed by atoms with Gasteiger partial charge >= 0.3 is 0 Å². The van der Waals surface area contributed by atoms with Gasteiger partial charge in [-0.25, -0.2) is 9.67 Å². The number of carbonyl (C=O) groups is 1. The number of nitrogens with zero attached hydrogens (tertiary/aromatic N) is 3. The van der Waals surface area contributed by atoms with Crippen LogP contribution in [0.15, 0.2) is 52.6 Å². The van der Waals surface area contributed by atoms with Crippen molar-refractivity contribution in [1.29, 1.82) is 0 Å². The predicted molar refractivity (Wildman–Crippen MR) is 137 cm³/mol. The molecule has 0 saturated carbocycles. The van der Waals surface area contributed by atoms with E-state index in [1.54, 1.807) is 35.7 Å². The first kappa shape index (κ1) is 23.8. The number of ether oxygens (including phenoxy) is 1. The largest absolute Gasteiger partial charge is 0.481 e. The van der Waals surface area contributed by atoms with Crippen LogP contribution in [0.3, 0.4) is 0 Å². The van der Waals surface area contributed by atoms with E-state index in [-0.39, 0.29) is 24.6 Å². The van der Waals surface area contributed by atoms with Crippen molar-refractivity contribution >= 4 is 28.6 Å². The lowest BCUT2D eigenvalue weighted by Crippen LogP contribution is -2.39. The summed E-state index contributed by atoms with van der Waals surface area (Å²) in [6, 6.07) is 13.1. The summed E-state index contributed by atoms with van der Waals surface area (Å²) in [6.45, 7) is 8.09. The third-order valence-electron chi connectivity index (χ3n) is 5.27. The van der Waals surface area contributed by atoms with Crippen molar-refractivity contribution in [1.82, 2.24) is 20.1 Å². The molecule has 0 aliphatic carbocycles. The van der Waals surface area contributed by atoms with Gasteiger partial charge in [0.15, 0.2) is 6.10 Å². The van der Waals surface area contributed by atoms with E-state index in [2.05, 4.69) is 15.4 Å². The highest BCUT2D eigenvalue weighted by Crippen LogP contribution is 2.35. The van der Waals surface area contributed by atoms with E-state index in [4.69, 9.17) is 4.74 Å². The average molecular weight is 495 g/mol. The molecular formula is C25H26N4O3S2. The average Bonchev–Trinajstić information content (AvgIpc) is 3.47. The first-order chi connectivity index (χ1) is 16.3. The van der Waals surface area contributed by atoms with Gasteiger partial charge in [0.1, 0.15) is 16.5 Å². The fourth-order valence-corrected chi connectivity index (χ4v) is 5.20. The molecular weight excluding hydrogens is 468 g/mol. The number of rotatable bonds is 8. The minimum atomic E-state index is -0.660. The molecule has 1 atom stereocenters. The predicted octanol–water partition coefficient (Wildman–Crippen LogP) is 4.60. The molecule has 3 aromatic heterocycles. The highest BCUT2D eigenvalue weighted by Gasteiger charge is 2.17. The number of hydrogen-bond donors (Lipinski definition) is 1. The number of hydrogen-bond acceptors (Lipinski definition) is 7. The molecule has 0 fully saturated rings. The van der Waals surface area contributed by atoms with Gasteiger partial charge in [0.05, 0.1) is 22.0 Å². The van der Waals surface area contributed by atoms with Crippen molar-refractivity contribution in [3.05, 3.63) is 75.0 Å². The molecule has 4 aromatic rings. The Balaban J connectivity index is 1.40. The Morgan fingerprint density at radius 3 is 2.76 bits per heavy atom. The van der Waals surface area contributed by atoms with Crippen molar-refractivity contribution in [3.63, 3.8) is 0 Å². The summed E-state index contributed by atoms with van der Waals surface area (Å²) >= 11 is 3.19. The molecule has 7 nitrogen and oxygen atoms in total. The second-order valence-corrected chi connectivity index (χ2v) is 9.96. The van der Waals surface area contributed by atoms with Crippen LogP contribution in [0.25, 0.3) is 20.5 Å². The molecule has 1 N–H and O–H groups in total. The zero-order valence-electron chi connectivity index (χ0n) is 19.5. The van der Waals surface area contributed by atoms with Crippen molar-refractivity contribution in [2.75, 3.05) is 6.54 Å². The molecule has 1 amide bonds. The Kier molecular flexibility index (Phi) is 7.23. The van der Waals surface area contributed by atoms with E-state index in [0.717, 1.165) is 31.6 Å². The molecule has 0 bridgehead atoms. The second-order valence-electron chi connectivity index (χ2n) is 8.01. The van der Waals surface area contributed by atoms with Crippen LogP contribution in [0.1, 0.15) is 23.7 Å². The molecule has 0 saturated heterocycles. The number of aryl methyl sites for hydroxylation is 3. The lowest BCUT2D eigenvalue weighted by molar-refractivity contribution is -0.127. The zero-order valence-corrected chi connectivity index (χ0v) is 21.1. The normalized spacial score (nSPS) is 11.9. The molecule has 9 heteroatoms. The van der Waals surface area contributed by atoms with Crippen LogP contribution in [-0.4, -0.2) is 33.3 Å². The van der Waals surface area contributed by atoms with E-state index in [1.165, 1.54) is 10.7 Å². The summed E-state index contributed by atoms with van der Waals surface area (Å²) in [7, 11) is 0. The van der Waals surface area contributed by atoms with E-state index < -0.39 is 6.10 Å². The number of aromatic nitrogens is 3. The van der Waals surface area contributed by atoms with Gasteiger partial charge in [0, 0.05) is 12.6 Å². The number of thiazole rings is 1. The first-order valence-electron chi connectivity index (χ1n) is 10.9. The summed E-state index contributed by atoms with van der Waals surface area (Å²) in [5.74, 6) is 0.444. The molecule has 0 aliphatic heterocycles. The number of amides is 1. The minimum Gasteiger partial charge on any atom is -0.481 e. The van der Waals surface area contributed by atoms with E-state index in [9.17, 15) is 9.59 Å². The van der Waals surface area contributed by atoms with E-state index in [1.807, 2.05) is 56.5 Å². The van der Waals surface area contributed by atoms with Gasteiger partial charge in [-0.3, -0.25) is 9.59 Å². The molecule has 1 unspecified atom stereocenters. The second kappa shape index (κ2) is 10.3. The molecule has 0 spiro atoms. The Morgan fingerprint density at radius 1 is 1.18 bits per heavy atom. The lowest BCUT2D eigenvalue weighted by atomic mass is 10.1. The molecule has 34 heavy (non-hydrogen) atoms. The summed E-state index contributed by atoms with van der Waals surface area (Å²) in [4.78, 5) is 31.6. The van der Waals surface area contributed by atoms with Gasteiger partial charge in [0.25, 0.3) is 11.5 Å². The van der Waals surface area contributed by atoms with Crippen LogP contribution < -0.4 is 15.6 Å². The zero-order chi connectivity index (χ0) is 24.2. The standard InChI is InChI=1S/C25H26N4O3S2/c1-15-7-8-16(2)20(14-15)32-18(4)24(31)26-11-12-29-22(30)10-9-19(28-29)23-17(3)27-25(34-23)21-6-5-13-33-21/h5-10,13-14,18H,11-12H2,1-4H3,(H,26,31). The molecule has 176 valence electrons. The van der Waals surface area contributed by atoms with Gasteiger partial charge in [-0.05, 0) is 62.4 Å². The number of nitrogens with one attached hydrogen (secondary N) is 1. The summed E-state index contributed by atoms with van der Waals surface area (Å²) in [5, 5.41) is 10.3. The maximum Gasteiger partial charge on any atom is 0.266 e. The fourth-order valence-electron chi connectivity index (χ4n) is 3.38. The SMILES string of the molecule is Cc1ccc(C)c(OC(C)C(=O)NCCn2nc(-c3sc(-c4cccs4)nc3C)ccc2=O)c1. The van der Waals surface area contributed by atoms with Gasteiger partial charge in [-0.1, -0.05) is 18.2 Å². The lowest BCUT2D eigenvalue weighted by Gasteiger charge is -2.17. The topological polar surface area (TPSA) is 86.1 Å². The molecule has 1 aromatic carbocycles. The van der Waals surface area contributed by atoms with Crippen molar-refractivity contribution in [2.45, 2.75) is 40.3 Å². The Bertz CT molecular complexity index is 1360. The van der Waals surface area contributed by atoms with E-state index >= 15 is 0 Å². The third-order valence-corrected chi connectivity index (χ3v) is 7.49. The van der Waals surface area contributed by atoms with Gasteiger partial charge in [-0.15, -0.1) is 22.7 Å². The summed E-state index contributed by atoms with van der Waals surface area (Å²) in [6.07, 6.45) is -0.660. The fraction of sp³-hybridized carbons (Fsp3) is 0.280. The number of carbonyl (C=O) groups excluding carboxylic acids is 1. The van der Waals surface area contributed by atoms with Crippen LogP contribution in [-0.2, 0) is 11.3 Å². The van der Waals surface area contributed by atoms with Crippen LogP contribution >= 0.6 is 22.7 Å². The van der Waals surface area contributed by atoms with Crippen LogP contribution in [0, 0.1) is 20.8 Å². The highest BCUT2D eigenvalue weighted by atomic mass is 32.1. The maximum absolute atomic E-state index is 12.5. The number of benzene rings is 1. The summed E-state index contributed by atoms with van der Waals surface area (Å²) < 4.78 is 7.21. The Morgan fingerprint density at radius 2 is 2.00 bits per heavy atom. The Labute approximate surface area is 206 Å². The Hall–Kier alpha value is -3.30. The van der Waals surface area contributed by atoms with Crippen LogP contribution in [0.5, 0.6) is 5.75 Å². The molecule has 0 radical (unpaired) electrons. The first-order valence-corrected chi connectivity index (χ1v) is 12.6. The van der Waals surface area contributed by atoms with Gasteiger partial charge < -0.3 is 10.1 Å². The summed E-state index contributed by atoms with van der Waals surface area (Å²) in [5.41, 5.74) is 3.38. The monoisotopic (exact) mass is 494 g/mol. The molecule has 4 rings (SSSR count). The van der Waals surface area contributed by atoms with Crippen molar-refractivity contribution < 1.29 is 9.53 Å². The highest BCUT2D eigenvalue weighted by molar-refractivity contribution is 7.23. The van der Waals surface area contributed by atoms with Gasteiger partial charge in [-0.2, -0.15) is 5.10 Å². The van der Waals surface area contributed by atoms with E-state index in [0.29, 0.717) is 11.4 Å². The van der Waals surface area contributed by atoms with Crippen molar-refractivity contribution in [3.8, 4) is 26.2 Å².